The van der Waals surface area contributed by atoms with Gasteiger partial charge in [0.2, 0.25) is 0 Å². The first-order chi connectivity index (χ1) is 8.20. The number of benzene rings is 1. The highest BCUT2D eigenvalue weighted by atomic mass is 32.1. The predicted octanol–water partition coefficient (Wildman–Crippen LogP) is 2.54. The third kappa shape index (κ3) is 1.46. The minimum Gasteiger partial charge on any atom is -0.493 e. The van der Waals surface area contributed by atoms with E-state index in [1.54, 1.807) is 13.2 Å². The van der Waals surface area contributed by atoms with Crippen molar-refractivity contribution in [2.75, 3.05) is 13.7 Å². The van der Waals surface area contributed by atoms with Crippen molar-refractivity contribution in [3.05, 3.63) is 22.6 Å². The van der Waals surface area contributed by atoms with Gasteiger partial charge < -0.3 is 14.6 Å². The average Bonchev–Trinajstić information content (AvgIpc) is 2.93. The number of thiophene rings is 1. The summed E-state index contributed by atoms with van der Waals surface area (Å²) >= 11 is 1.27. The Balaban J connectivity index is 2.32. The number of ether oxygens (including phenoxy) is 2. The van der Waals surface area contributed by atoms with Crippen LogP contribution in [0.15, 0.2) is 12.1 Å². The van der Waals surface area contributed by atoms with E-state index in [1.807, 2.05) is 6.07 Å². The molecule has 2 heterocycles. The van der Waals surface area contributed by atoms with Gasteiger partial charge >= 0.3 is 5.97 Å². The summed E-state index contributed by atoms with van der Waals surface area (Å²) < 4.78 is 11.7. The lowest BCUT2D eigenvalue weighted by molar-refractivity contribution is 0.0702. The number of carboxylic acids is 1. The van der Waals surface area contributed by atoms with E-state index in [0.29, 0.717) is 17.2 Å². The fourth-order valence-corrected chi connectivity index (χ4v) is 3.08. The van der Waals surface area contributed by atoms with Crippen molar-refractivity contribution >= 4 is 27.4 Å². The van der Waals surface area contributed by atoms with Gasteiger partial charge in [-0.15, -0.1) is 11.3 Å². The molecular formula is C12H10O4S. The number of rotatable bonds is 2. The van der Waals surface area contributed by atoms with Crippen molar-refractivity contribution < 1.29 is 19.4 Å². The van der Waals surface area contributed by atoms with Crippen LogP contribution < -0.4 is 9.47 Å². The summed E-state index contributed by atoms with van der Waals surface area (Å²) in [5.74, 6) is 0.552. The Kier molecular flexibility index (Phi) is 2.22. The molecule has 5 heteroatoms. The standard InChI is InChI=1S/C12H10O4S/c1-15-8-5-9-7(4-10(17-9)12(13)14)6-2-3-16-11(6)8/h4-5H,2-3H2,1H3,(H,13,14). The van der Waals surface area contributed by atoms with Crippen LogP contribution in [0.5, 0.6) is 11.5 Å². The van der Waals surface area contributed by atoms with Crippen LogP contribution >= 0.6 is 11.3 Å². The molecule has 2 aromatic rings. The summed E-state index contributed by atoms with van der Waals surface area (Å²) in [5, 5.41) is 9.98. The second-order valence-corrected chi connectivity index (χ2v) is 4.90. The van der Waals surface area contributed by atoms with Gasteiger partial charge in [0.1, 0.15) is 4.88 Å². The first-order valence-electron chi connectivity index (χ1n) is 5.20. The minimum atomic E-state index is -0.891. The lowest BCUT2D eigenvalue weighted by atomic mass is 10.1. The molecular weight excluding hydrogens is 240 g/mol. The van der Waals surface area contributed by atoms with Crippen LogP contribution in [0.4, 0.5) is 0 Å². The molecule has 0 atom stereocenters. The molecule has 0 spiro atoms. The molecule has 0 amide bonds. The molecule has 0 unspecified atom stereocenters. The molecule has 0 saturated carbocycles. The molecule has 0 fully saturated rings. The minimum absolute atomic E-state index is 0.349. The molecule has 17 heavy (non-hydrogen) atoms. The fraction of sp³-hybridized carbons (Fsp3) is 0.250. The summed E-state index contributed by atoms with van der Waals surface area (Å²) in [6.07, 6.45) is 0.804. The van der Waals surface area contributed by atoms with E-state index >= 15 is 0 Å². The fourth-order valence-electron chi connectivity index (χ4n) is 2.12. The summed E-state index contributed by atoms with van der Waals surface area (Å²) in [7, 11) is 1.59. The molecule has 3 rings (SSSR count). The summed E-state index contributed by atoms with van der Waals surface area (Å²) in [6, 6.07) is 3.56. The smallest absolute Gasteiger partial charge is 0.345 e. The second-order valence-electron chi connectivity index (χ2n) is 3.81. The predicted molar refractivity (Wildman–Crippen MR) is 64.5 cm³/mol. The van der Waals surface area contributed by atoms with Gasteiger partial charge in [-0.05, 0) is 6.07 Å². The highest BCUT2D eigenvalue weighted by Crippen LogP contribution is 2.43. The van der Waals surface area contributed by atoms with Crippen molar-refractivity contribution in [3.63, 3.8) is 0 Å². The number of carbonyl (C=O) groups is 1. The van der Waals surface area contributed by atoms with E-state index in [2.05, 4.69) is 0 Å². The zero-order chi connectivity index (χ0) is 12.0. The van der Waals surface area contributed by atoms with Gasteiger partial charge in [0.15, 0.2) is 11.5 Å². The van der Waals surface area contributed by atoms with E-state index in [9.17, 15) is 4.79 Å². The average molecular weight is 250 g/mol. The third-order valence-electron chi connectivity index (χ3n) is 2.88. The van der Waals surface area contributed by atoms with Gasteiger partial charge in [0.25, 0.3) is 0 Å². The molecule has 1 aromatic heterocycles. The molecule has 1 N–H and O–H groups in total. The lowest BCUT2D eigenvalue weighted by Crippen LogP contribution is -1.89. The van der Waals surface area contributed by atoms with Crippen molar-refractivity contribution in [2.24, 2.45) is 0 Å². The van der Waals surface area contributed by atoms with E-state index in [-0.39, 0.29) is 0 Å². The maximum absolute atomic E-state index is 11.0. The monoisotopic (exact) mass is 250 g/mol. The number of hydrogen-bond donors (Lipinski definition) is 1. The lowest BCUT2D eigenvalue weighted by Gasteiger charge is -2.07. The topological polar surface area (TPSA) is 55.8 Å². The van der Waals surface area contributed by atoms with Crippen LogP contribution in [0.1, 0.15) is 15.2 Å². The maximum Gasteiger partial charge on any atom is 0.345 e. The van der Waals surface area contributed by atoms with Crippen molar-refractivity contribution in [1.29, 1.82) is 0 Å². The first kappa shape index (κ1) is 10.4. The second kappa shape index (κ2) is 3.63. The van der Waals surface area contributed by atoms with Crippen molar-refractivity contribution in [1.82, 2.24) is 0 Å². The number of carboxylic acid groups (broad SMARTS) is 1. The largest absolute Gasteiger partial charge is 0.493 e. The first-order valence-corrected chi connectivity index (χ1v) is 6.02. The molecule has 0 saturated heterocycles. The molecule has 4 nitrogen and oxygen atoms in total. The third-order valence-corrected chi connectivity index (χ3v) is 3.95. The van der Waals surface area contributed by atoms with Crippen LogP contribution in [0.25, 0.3) is 10.1 Å². The molecule has 0 radical (unpaired) electrons. The van der Waals surface area contributed by atoms with Crippen LogP contribution in [0.2, 0.25) is 0 Å². The molecule has 1 aromatic carbocycles. The number of methoxy groups -OCH3 is 1. The highest BCUT2D eigenvalue weighted by molar-refractivity contribution is 7.20. The zero-order valence-electron chi connectivity index (χ0n) is 9.15. The normalized spacial score (nSPS) is 13.5. The Morgan fingerprint density at radius 2 is 2.35 bits per heavy atom. The Morgan fingerprint density at radius 3 is 3.06 bits per heavy atom. The van der Waals surface area contributed by atoms with Crippen molar-refractivity contribution in [3.8, 4) is 11.5 Å². The van der Waals surface area contributed by atoms with Crippen molar-refractivity contribution in [2.45, 2.75) is 6.42 Å². The number of fused-ring (bicyclic) bond motifs is 3. The van der Waals surface area contributed by atoms with Crippen LogP contribution in [0.3, 0.4) is 0 Å². The Bertz CT molecular complexity index is 614. The number of aromatic carboxylic acids is 1. The molecule has 0 aliphatic carbocycles. The summed E-state index contributed by atoms with van der Waals surface area (Å²) in [4.78, 5) is 11.3. The van der Waals surface area contributed by atoms with Gasteiger partial charge in [-0.1, -0.05) is 0 Å². The van der Waals surface area contributed by atoms with E-state index in [1.165, 1.54) is 11.3 Å². The van der Waals surface area contributed by atoms with Gasteiger partial charge in [-0.2, -0.15) is 0 Å². The van der Waals surface area contributed by atoms with Gasteiger partial charge in [0.05, 0.1) is 13.7 Å². The van der Waals surface area contributed by atoms with Crippen LogP contribution in [0, 0.1) is 0 Å². The zero-order valence-corrected chi connectivity index (χ0v) is 9.97. The molecule has 88 valence electrons. The SMILES string of the molecule is COc1cc2sc(C(=O)O)cc2c2c1OCC2. The summed E-state index contributed by atoms with van der Waals surface area (Å²) in [5.41, 5.74) is 1.06. The molecule has 1 aliphatic rings. The Labute approximate surface area is 101 Å². The van der Waals surface area contributed by atoms with Gasteiger partial charge in [-0.3, -0.25) is 0 Å². The van der Waals surface area contributed by atoms with Gasteiger partial charge in [-0.25, -0.2) is 4.79 Å². The Hall–Kier alpha value is -1.75. The molecule has 0 bridgehead atoms. The Morgan fingerprint density at radius 1 is 1.53 bits per heavy atom. The maximum atomic E-state index is 11.0. The van der Waals surface area contributed by atoms with Gasteiger partial charge in [0, 0.05) is 28.1 Å². The van der Waals surface area contributed by atoms with E-state index in [0.717, 1.165) is 27.8 Å². The molecule has 1 aliphatic heterocycles. The van der Waals surface area contributed by atoms with Crippen LogP contribution in [-0.4, -0.2) is 24.8 Å². The van der Waals surface area contributed by atoms with E-state index in [4.69, 9.17) is 14.6 Å². The number of hydrogen-bond acceptors (Lipinski definition) is 4. The summed E-state index contributed by atoms with van der Waals surface area (Å²) in [6.45, 7) is 0.628. The van der Waals surface area contributed by atoms with Crippen LogP contribution in [-0.2, 0) is 6.42 Å². The highest BCUT2D eigenvalue weighted by Gasteiger charge is 2.23. The quantitative estimate of drug-likeness (QED) is 0.889. The van der Waals surface area contributed by atoms with E-state index < -0.39 is 5.97 Å².